The van der Waals surface area contributed by atoms with Gasteiger partial charge in [-0.15, -0.1) is 0 Å². The summed E-state index contributed by atoms with van der Waals surface area (Å²) in [7, 11) is 0. The normalized spacial score (nSPS) is 21.1. The number of aromatic nitrogens is 4. The Hall–Kier alpha value is -2.63. The van der Waals surface area contributed by atoms with Gasteiger partial charge >= 0.3 is 0 Å². The lowest BCUT2D eigenvalue weighted by atomic mass is 10.1. The lowest BCUT2D eigenvalue weighted by Gasteiger charge is -2.16. The van der Waals surface area contributed by atoms with Crippen LogP contribution in [0.5, 0.6) is 0 Å². The third-order valence-corrected chi connectivity index (χ3v) is 5.00. The fourth-order valence-electron chi connectivity index (χ4n) is 3.68. The number of likely N-dealkylation sites (tertiary alicyclic amines) is 1. The second-order valence-electron chi connectivity index (χ2n) is 6.85. The molecule has 6 nitrogen and oxygen atoms in total. The number of nitrogens with zero attached hydrogens (tertiary/aromatic N) is 4. The average molecular weight is 321 g/mol. The molecule has 6 heteroatoms. The second-order valence-corrected chi connectivity index (χ2v) is 6.85. The molecule has 0 bridgehead atoms. The van der Waals surface area contributed by atoms with Crippen molar-refractivity contribution in [1.29, 1.82) is 0 Å². The molecule has 1 aliphatic heterocycles. The Morgan fingerprint density at radius 3 is 2.96 bits per heavy atom. The molecule has 2 aromatic heterocycles. The van der Waals surface area contributed by atoms with Gasteiger partial charge in [-0.2, -0.15) is 0 Å². The van der Waals surface area contributed by atoms with E-state index in [1.807, 2.05) is 30.5 Å². The highest BCUT2D eigenvalue weighted by Crippen LogP contribution is 2.33. The number of imidazole rings is 2. The van der Waals surface area contributed by atoms with Gasteiger partial charge in [0.2, 0.25) is 5.91 Å². The summed E-state index contributed by atoms with van der Waals surface area (Å²) in [5, 5.41) is 0. The lowest BCUT2D eigenvalue weighted by molar-refractivity contribution is -0.128. The van der Waals surface area contributed by atoms with Gasteiger partial charge < -0.3 is 14.5 Å². The zero-order valence-corrected chi connectivity index (χ0v) is 13.4. The van der Waals surface area contributed by atoms with E-state index in [-0.39, 0.29) is 0 Å². The van der Waals surface area contributed by atoms with Crippen LogP contribution in [0.3, 0.4) is 0 Å². The van der Waals surface area contributed by atoms with Gasteiger partial charge in [-0.05, 0) is 25.0 Å². The molecule has 2 fully saturated rings. The predicted octanol–water partition coefficient (Wildman–Crippen LogP) is 2.44. The van der Waals surface area contributed by atoms with E-state index in [0.717, 1.165) is 35.8 Å². The highest BCUT2D eigenvalue weighted by Gasteiger charge is 2.39. The summed E-state index contributed by atoms with van der Waals surface area (Å²) in [5.74, 6) is 2.29. The molecular weight excluding hydrogens is 302 g/mol. The van der Waals surface area contributed by atoms with Crippen molar-refractivity contribution >= 4 is 16.9 Å². The molecule has 5 rings (SSSR count). The number of aromatic amines is 1. The van der Waals surface area contributed by atoms with Crippen LogP contribution in [0.25, 0.3) is 22.7 Å². The number of amides is 1. The smallest absolute Gasteiger partial charge is 0.223 e. The van der Waals surface area contributed by atoms with Gasteiger partial charge in [-0.3, -0.25) is 4.79 Å². The molecule has 1 aliphatic carbocycles. The number of fused-ring (bicyclic) bond motifs is 1. The number of hydrogen-bond acceptors (Lipinski definition) is 3. The number of hydrogen-bond donors (Lipinski definition) is 1. The van der Waals surface area contributed by atoms with E-state index in [9.17, 15) is 4.79 Å². The Kier molecular flexibility index (Phi) is 2.98. The van der Waals surface area contributed by atoms with Gasteiger partial charge in [-0.1, -0.05) is 12.1 Å². The molecule has 3 heterocycles. The van der Waals surface area contributed by atoms with E-state index in [1.165, 1.54) is 12.8 Å². The monoisotopic (exact) mass is 321 g/mol. The third kappa shape index (κ3) is 2.29. The van der Waals surface area contributed by atoms with Crippen LogP contribution < -0.4 is 0 Å². The first-order valence-corrected chi connectivity index (χ1v) is 8.53. The molecule has 122 valence electrons. The molecule has 24 heavy (non-hydrogen) atoms. The number of nitrogens with one attached hydrogen (secondary N) is 1. The fourth-order valence-corrected chi connectivity index (χ4v) is 3.68. The van der Waals surface area contributed by atoms with Crippen molar-refractivity contribution in [2.75, 3.05) is 6.54 Å². The maximum absolute atomic E-state index is 12.1. The summed E-state index contributed by atoms with van der Waals surface area (Å²) < 4.78 is 2.12. The molecule has 0 spiro atoms. The van der Waals surface area contributed by atoms with Crippen LogP contribution in [-0.4, -0.2) is 42.9 Å². The third-order valence-electron chi connectivity index (χ3n) is 5.00. The Morgan fingerprint density at radius 1 is 1.25 bits per heavy atom. The van der Waals surface area contributed by atoms with Crippen molar-refractivity contribution in [1.82, 2.24) is 24.4 Å². The summed E-state index contributed by atoms with van der Waals surface area (Å²) in [6.45, 7) is 1.68. The standard InChI is InChI=1S/C18H19N5O/c24-16-9-12(11-23(16)13-5-6-13)10-22-8-7-19-18(22)17-20-14-3-1-2-4-15(14)21-17/h1-4,7-8,12-13H,5-6,9-11H2,(H,20,21). The highest BCUT2D eigenvalue weighted by atomic mass is 16.2. The van der Waals surface area contributed by atoms with Crippen LogP contribution in [0, 0.1) is 5.92 Å². The first kappa shape index (κ1) is 13.8. The van der Waals surface area contributed by atoms with E-state index < -0.39 is 0 Å². The van der Waals surface area contributed by atoms with Crippen molar-refractivity contribution in [3.05, 3.63) is 36.7 Å². The zero-order valence-electron chi connectivity index (χ0n) is 13.4. The lowest BCUT2D eigenvalue weighted by Crippen LogP contribution is -2.27. The van der Waals surface area contributed by atoms with Gasteiger partial charge in [0.25, 0.3) is 0 Å². The molecule has 1 aromatic carbocycles. The summed E-state index contributed by atoms with van der Waals surface area (Å²) in [5.41, 5.74) is 1.95. The molecule has 1 N–H and O–H groups in total. The van der Waals surface area contributed by atoms with Crippen LogP contribution in [0.15, 0.2) is 36.7 Å². The number of rotatable bonds is 4. The van der Waals surface area contributed by atoms with Gasteiger partial charge in [0.05, 0.1) is 11.0 Å². The van der Waals surface area contributed by atoms with E-state index in [0.29, 0.717) is 24.3 Å². The number of benzene rings is 1. The molecule has 1 atom stereocenters. The van der Waals surface area contributed by atoms with Gasteiger partial charge in [0.15, 0.2) is 11.6 Å². The van der Waals surface area contributed by atoms with Crippen molar-refractivity contribution in [3.8, 4) is 11.6 Å². The average Bonchev–Trinajstić information content (AvgIpc) is 3.01. The Balaban J connectivity index is 1.40. The summed E-state index contributed by atoms with van der Waals surface area (Å²) in [6.07, 6.45) is 6.78. The first-order chi connectivity index (χ1) is 11.8. The number of carbonyl (C=O) groups is 1. The van der Waals surface area contributed by atoms with Crippen LogP contribution in [-0.2, 0) is 11.3 Å². The molecule has 1 saturated carbocycles. The van der Waals surface area contributed by atoms with Gasteiger partial charge in [0, 0.05) is 43.9 Å². The topological polar surface area (TPSA) is 66.8 Å². The molecular formula is C18H19N5O. The largest absolute Gasteiger partial charge is 0.339 e. The predicted molar refractivity (Wildman–Crippen MR) is 90.2 cm³/mol. The molecule has 1 unspecified atom stereocenters. The zero-order chi connectivity index (χ0) is 16.1. The molecule has 1 saturated heterocycles. The SMILES string of the molecule is O=C1CC(Cn2ccnc2-c2nc3ccccc3[nH]2)CN1C1CC1. The van der Waals surface area contributed by atoms with Crippen molar-refractivity contribution in [2.45, 2.75) is 31.8 Å². The van der Waals surface area contributed by atoms with Crippen LogP contribution in [0.2, 0.25) is 0 Å². The summed E-state index contributed by atoms with van der Waals surface area (Å²) >= 11 is 0. The highest BCUT2D eigenvalue weighted by molar-refractivity contribution is 5.79. The number of para-hydroxylation sites is 2. The minimum absolute atomic E-state index is 0.313. The fraction of sp³-hybridized carbons (Fsp3) is 0.389. The minimum atomic E-state index is 0.313. The Bertz CT molecular complexity index is 874. The molecule has 1 amide bonds. The van der Waals surface area contributed by atoms with Crippen LogP contribution >= 0.6 is 0 Å². The van der Waals surface area contributed by atoms with Crippen molar-refractivity contribution in [3.63, 3.8) is 0 Å². The quantitative estimate of drug-likeness (QED) is 0.802. The number of carbonyl (C=O) groups excluding carboxylic acids is 1. The maximum atomic E-state index is 12.1. The second kappa shape index (κ2) is 5.19. The molecule has 2 aliphatic rings. The first-order valence-electron chi connectivity index (χ1n) is 8.53. The van der Waals surface area contributed by atoms with Crippen LogP contribution in [0.1, 0.15) is 19.3 Å². The number of H-pyrrole nitrogens is 1. The van der Waals surface area contributed by atoms with Crippen molar-refractivity contribution < 1.29 is 4.79 Å². The molecule has 0 radical (unpaired) electrons. The van der Waals surface area contributed by atoms with E-state index >= 15 is 0 Å². The summed E-state index contributed by atoms with van der Waals surface area (Å²) in [6, 6.07) is 8.50. The molecule has 3 aromatic rings. The van der Waals surface area contributed by atoms with Gasteiger partial charge in [0.1, 0.15) is 0 Å². The van der Waals surface area contributed by atoms with E-state index in [2.05, 4.69) is 24.4 Å². The minimum Gasteiger partial charge on any atom is -0.339 e. The Labute approximate surface area is 139 Å². The van der Waals surface area contributed by atoms with Crippen LogP contribution in [0.4, 0.5) is 0 Å². The van der Waals surface area contributed by atoms with E-state index in [1.54, 1.807) is 6.20 Å². The van der Waals surface area contributed by atoms with E-state index in [4.69, 9.17) is 0 Å². The Morgan fingerprint density at radius 2 is 2.12 bits per heavy atom. The van der Waals surface area contributed by atoms with Gasteiger partial charge in [-0.25, -0.2) is 9.97 Å². The van der Waals surface area contributed by atoms with Crippen molar-refractivity contribution in [2.24, 2.45) is 5.92 Å². The summed E-state index contributed by atoms with van der Waals surface area (Å²) in [4.78, 5) is 26.7. The maximum Gasteiger partial charge on any atom is 0.223 e.